The average molecular weight is 1180 g/mol. The predicted octanol–water partition coefficient (Wildman–Crippen LogP) is 5.00. The van der Waals surface area contributed by atoms with E-state index in [2.05, 4.69) is 38.1 Å². The lowest BCUT2D eigenvalue weighted by Crippen LogP contribution is -2.58. The summed E-state index contributed by atoms with van der Waals surface area (Å²) in [6, 6.07) is 18.5. The van der Waals surface area contributed by atoms with E-state index in [1.807, 2.05) is 6.07 Å². The van der Waals surface area contributed by atoms with Crippen LogP contribution in [-0.4, -0.2) is 115 Å². The number of rotatable bonds is 19. The third-order valence-electron chi connectivity index (χ3n) is 15.9. The van der Waals surface area contributed by atoms with Gasteiger partial charge in [0.1, 0.15) is 30.2 Å². The number of nitrogens with one attached hydrogen (secondary N) is 4. The van der Waals surface area contributed by atoms with Gasteiger partial charge in [-0.2, -0.15) is 8.78 Å². The molecule has 9 rings (SSSR count). The summed E-state index contributed by atoms with van der Waals surface area (Å²) in [4.78, 5) is 150. The maximum absolute atomic E-state index is 14.9. The number of hydrogen-bond donors (Lipinski definition) is 7. The zero-order valence-corrected chi connectivity index (χ0v) is 47.5. The first-order valence-corrected chi connectivity index (χ1v) is 29.6. The van der Waals surface area contributed by atoms with Crippen LogP contribution in [0.15, 0.2) is 103 Å². The minimum atomic E-state index is -5.93. The van der Waals surface area contributed by atoms with E-state index in [0.717, 1.165) is 36.4 Å². The number of aromatic nitrogens is 1. The summed E-state index contributed by atoms with van der Waals surface area (Å²) in [6.45, 7) is 4.56. The van der Waals surface area contributed by atoms with E-state index in [1.54, 1.807) is 85.5 Å². The minimum Gasteiger partial charge on any atom is -0.370 e. The molecule has 4 aliphatic rings. The smallest absolute Gasteiger partial charge is 0.370 e. The Labute approximate surface area is 488 Å². The highest BCUT2D eigenvalue weighted by molar-refractivity contribution is 7.52. The molecule has 2 fully saturated rings. The largest absolute Gasteiger partial charge is 0.399 e. The van der Waals surface area contributed by atoms with Gasteiger partial charge in [-0.15, -0.1) is 0 Å². The summed E-state index contributed by atoms with van der Waals surface area (Å²) in [7, 11) is -5.93. The predicted molar refractivity (Wildman–Crippen MR) is 305 cm³/mol. The van der Waals surface area contributed by atoms with E-state index in [0.29, 0.717) is 60.3 Å². The highest BCUT2D eigenvalue weighted by Gasteiger charge is 2.50. The number of benzene rings is 4. The van der Waals surface area contributed by atoms with Crippen molar-refractivity contribution in [1.29, 1.82) is 0 Å². The quantitative estimate of drug-likeness (QED) is 0.0326. The molecule has 0 radical (unpaired) electrons. The van der Waals surface area contributed by atoms with Crippen LogP contribution in [-0.2, 0) is 56.8 Å². The third-order valence-corrected chi connectivity index (χ3v) is 16.9. The van der Waals surface area contributed by atoms with Gasteiger partial charge in [0.2, 0.25) is 41.4 Å². The van der Waals surface area contributed by atoms with Crippen molar-refractivity contribution < 1.29 is 66.3 Å². The summed E-state index contributed by atoms with van der Waals surface area (Å²) in [5, 5.41) is 10.6. The number of nitrogens with two attached hydrogens (primary N) is 1. The lowest BCUT2D eigenvalue weighted by atomic mass is 9.91. The first-order valence-electron chi connectivity index (χ1n) is 28.0. The van der Waals surface area contributed by atoms with E-state index in [-0.39, 0.29) is 85.2 Å². The molecule has 2 saturated heterocycles. The number of fused-ring (bicyclic) bond motifs is 3. The fourth-order valence-corrected chi connectivity index (χ4v) is 11.8. The van der Waals surface area contributed by atoms with Crippen LogP contribution < -0.4 is 31.9 Å². The number of pyridine rings is 1. The molecule has 0 aliphatic carbocycles. The Morgan fingerprint density at radius 1 is 0.871 bits per heavy atom. The summed E-state index contributed by atoms with van der Waals surface area (Å²) in [5.74, 6) is 1.02. The molecule has 4 aliphatic heterocycles. The number of halogens is 2. The van der Waals surface area contributed by atoms with Gasteiger partial charge in [-0.05, 0) is 103 Å². The van der Waals surface area contributed by atoms with Crippen LogP contribution in [0.5, 0.6) is 0 Å². The molecule has 1 aromatic heterocycles. The molecule has 444 valence electrons. The van der Waals surface area contributed by atoms with Gasteiger partial charge >= 0.3 is 13.3 Å². The van der Waals surface area contributed by atoms with Crippen LogP contribution in [0, 0.1) is 23.7 Å². The number of nitrogens with zero attached hydrogens (tertiary/aromatic N) is 4. The second kappa shape index (κ2) is 25.6. The minimum absolute atomic E-state index is 0.0198. The zero-order chi connectivity index (χ0) is 60.9. The van der Waals surface area contributed by atoms with Crippen molar-refractivity contribution in [2.45, 2.75) is 120 Å². The van der Waals surface area contributed by atoms with Gasteiger partial charge in [-0.3, -0.25) is 62.9 Å². The number of likely N-dealkylation sites (tertiary alicyclic amines) is 1. The van der Waals surface area contributed by atoms with Crippen LogP contribution in [0.25, 0.3) is 10.9 Å². The van der Waals surface area contributed by atoms with Crippen molar-refractivity contribution in [1.82, 2.24) is 36.1 Å². The molecule has 8 N–H and O–H groups in total. The summed E-state index contributed by atoms with van der Waals surface area (Å²) < 4.78 is 41.0. The van der Waals surface area contributed by atoms with Crippen LogP contribution >= 0.6 is 7.60 Å². The Morgan fingerprint density at radius 3 is 2.31 bits per heavy atom. The van der Waals surface area contributed by atoms with Crippen molar-refractivity contribution in [3.05, 3.63) is 142 Å². The normalized spacial score (nSPS) is 18.2. The number of alkyl halides is 2. The van der Waals surface area contributed by atoms with Crippen LogP contribution in [0.1, 0.15) is 126 Å². The van der Waals surface area contributed by atoms with Crippen molar-refractivity contribution >= 4 is 77.4 Å². The maximum atomic E-state index is 14.9. The van der Waals surface area contributed by atoms with Crippen molar-refractivity contribution in [3.8, 4) is 11.8 Å². The molecule has 5 aromatic rings. The Kier molecular flexibility index (Phi) is 18.4. The number of piperidine rings is 2. The van der Waals surface area contributed by atoms with Crippen LogP contribution in [0.4, 0.5) is 14.5 Å². The second-order valence-electron chi connectivity index (χ2n) is 22.2. The lowest BCUT2D eigenvalue weighted by molar-refractivity contribution is -0.139. The third kappa shape index (κ3) is 13.6. The summed E-state index contributed by atoms with van der Waals surface area (Å²) in [6.07, 6.45) is 3.53. The molecule has 5 atom stereocenters. The van der Waals surface area contributed by atoms with Gasteiger partial charge in [0, 0.05) is 79.3 Å². The van der Waals surface area contributed by atoms with E-state index >= 15 is 0 Å². The first kappa shape index (κ1) is 60.9. The monoisotopic (exact) mass is 1180 g/mol. The molecule has 5 heterocycles. The molecule has 1 unspecified atom stereocenters. The molecule has 24 heteroatoms. The number of para-hydroxylation sites is 1. The molecular weight excluding hydrogens is 1120 g/mol. The Bertz CT molecular complexity index is 3600. The molecular formula is C61H64F2N9O12P. The fraction of sp³-hybridized carbons (Fsp3) is 0.377. The number of amides is 9. The molecule has 85 heavy (non-hydrogen) atoms. The summed E-state index contributed by atoms with van der Waals surface area (Å²) in [5.41, 5.74) is 3.30. The van der Waals surface area contributed by atoms with E-state index in [4.69, 9.17) is 5.73 Å². The number of carbonyl (C=O) groups excluding carboxylic acids is 9. The number of carbonyl (C=O) groups is 9. The molecule has 9 amide bonds. The second-order valence-corrected chi connectivity index (χ2v) is 23.8. The van der Waals surface area contributed by atoms with Crippen LogP contribution in [0.3, 0.4) is 0 Å². The van der Waals surface area contributed by atoms with E-state index < -0.39 is 90.4 Å². The van der Waals surface area contributed by atoms with Crippen molar-refractivity contribution in [2.75, 3.05) is 18.0 Å². The van der Waals surface area contributed by atoms with E-state index in [9.17, 15) is 66.3 Å². The molecule has 0 bridgehead atoms. The first-order chi connectivity index (χ1) is 40.5. The van der Waals surface area contributed by atoms with Gasteiger partial charge in [0.05, 0.1) is 11.1 Å². The lowest BCUT2D eigenvalue weighted by Gasteiger charge is -2.35. The fourth-order valence-electron chi connectivity index (χ4n) is 11.3. The zero-order valence-electron chi connectivity index (χ0n) is 46.6. The van der Waals surface area contributed by atoms with Gasteiger partial charge < -0.3 is 41.3 Å². The van der Waals surface area contributed by atoms with Crippen LogP contribution in [0.2, 0.25) is 0 Å². The van der Waals surface area contributed by atoms with E-state index in [1.165, 1.54) is 15.9 Å². The van der Waals surface area contributed by atoms with Crippen molar-refractivity contribution in [2.24, 2.45) is 17.6 Å². The average Bonchev–Trinajstić information content (AvgIpc) is 2.16. The summed E-state index contributed by atoms with van der Waals surface area (Å²) >= 11 is 0. The van der Waals surface area contributed by atoms with Crippen molar-refractivity contribution in [3.63, 3.8) is 0 Å². The highest BCUT2D eigenvalue weighted by Crippen LogP contribution is 2.59. The number of hydrogen-bond acceptors (Lipinski definition) is 11. The molecule has 0 saturated carbocycles. The van der Waals surface area contributed by atoms with Gasteiger partial charge in [0.25, 0.3) is 11.8 Å². The number of imide groups is 1. The van der Waals surface area contributed by atoms with Gasteiger partial charge in [-0.1, -0.05) is 86.4 Å². The number of anilines is 1. The SMILES string of the molecule is CC(C)C[C@H](NC(=O)c1cnc2ccc(C(F)(F)P(=O)(O)O)cc2c1)C(=O)N1c2ccccc2C[C@H]1C(=O)N[C@@H](CCC(N)=O)C(=O)N[C@H](C(=O)N1CCC(CCC#Cc2cccc3c2CN(C2CCC(=O)NC2=O)C3=O)CC1)c1ccccc1. The Balaban J connectivity index is 0.864. The number of primary amides is 1. The Hall–Kier alpha value is -8.71. The standard InChI is InChI=1S/C61H64F2N9O12P/c1-35(2)29-47(67-54(75)41-30-40-31-42(19-20-45(40)65-33-41)61(62,63)85(82,83)84)59(80)72-48-18-9-8-15-39(48)32-50(72)57(78)66-46(21-23-51(64)73)55(76)69-53(38-13-4-3-5-14-38)60(81)70-27-25-36(26-28-70)11-6-7-12-37-16-10-17-43-44(37)34-71(58(43)79)49-22-24-52(74)68-56(49)77/h3-5,8-10,13-20,30-31,33,35-36,46-47,49-50,53H,6,11,21-29,32,34H2,1-2H3,(H2,64,73)(H,66,78)(H,67,75)(H,69,76)(H,68,74,77)(H2,82,83,84)/t46-,47-,49?,50-,53-/m0/s1. The topological polar surface area (TPSA) is 308 Å². The van der Waals surface area contributed by atoms with Gasteiger partial charge in [0.15, 0.2) is 0 Å². The molecule has 0 spiro atoms. The highest BCUT2D eigenvalue weighted by atomic mass is 31.2. The molecule has 4 aromatic carbocycles. The molecule has 21 nitrogen and oxygen atoms in total. The van der Waals surface area contributed by atoms with Gasteiger partial charge in [-0.25, -0.2) is 0 Å². The maximum Gasteiger partial charge on any atom is 0.399 e. The Morgan fingerprint density at radius 2 is 1.60 bits per heavy atom.